The smallest absolute Gasteiger partial charge is 0.413 e. The molecule has 0 aliphatic rings. The molecule has 0 spiro atoms. The predicted molar refractivity (Wildman–Crippen MR) is 78.6 cm³/mol. The zero-order valence-corrected chi connectivity index (χ0v) is 13.1. The minimum atomic E-state index is -1.87. The fourth-order valence-electron chi connectivity index (χ4n) is 1.25. The lowest BCUT2D eigenvalue weighted by atomic mass is 10.2. The van der Waals surface area contributed by atoms with Crippen molar-refractivity contribution in [1.82, 2.24) is 4.90 Å². The van der Waals surface area contributed by atoms with Crippen molar-refractivity contribution in [1.29, 1.82) is 0 Å². The van der Waals surface area contributed by atoms with Crippen LogP contribution in [0.5, 0.6) is 0 Å². The van der Waals surface area contributed by atoms with Gasteiger partial charge < -0.3 is 14.9 Å². The van der Waals surface area contributed by atoms with E-state index in [9.17, 15) is 20.0 Å². The molecule has 0 bridgehead atoms. The van der Waals surface area contributed by atoms with Gasteiger partial charge in [-0.2, -0.15) is 0 Å². The molecule has 0 fully saturated rings. The van der Waals surface area contributed by atoms with Crippen LogP contribution in [0.15, 0.2) is 0 Å². The van der Waals surface area contributed by atoms with Crippen molar-refractivity contribution in [2.45, 2.75) is 36.1 Å². The summed E-state index contributed by atoms with van der Waals surface area (Å²) in [6.45, 7) is 1.09. The van der Waals surface area contributed by atoms with Gasteiger partial charge in [-0.25, -0.2) is 4.79 Å². The maximum absolute atomic E-state index is 11.8. The Kier molecular flexibility index (Phi) is 9.19. The average Bonchev–Trinajstić information content (AvgIpc) is 2.39. The number of nitrogens with zero attached hydrogens (tertiary/aromatic N) is 2. The Morgan fingerprint density at radius 2 is 2.25 bits per heavy atom. The molecule has 0 saturated carbocycles. The third kappa shape index (κ3) is 5.48. The van der Waals surface area contributed by atoms with E-state index in [1.165, 1.54) is 0 Å². The molecule has 114 valence electrons. The monoisotopic (exact) mass is 400 g/mol. The first kappa shape index (κ1) is 18.9. The Hall–Kier alpha value is -1.12. The summed E-state index contributed by atoms with van der Waals surface area (Å²) in [7, 11) is 0. The normalized spacial score (nSPS) is 14.8. The minimum absolute atomic E-state index is 0.120. The molecule has 3 unspecified atom stereocenters. The minimum Gasteiger partial charge on any atom is -0.449 e. The Labute approximate surface area is 130 Å². The van der Waals surface area contributed by atoms with Gasteiger partial charge in [0.1, 0.15) is 6.61 Å². The molecule has 9 heteroatoms. The van der Waals surface area contributed by atoms with E-state index < -0.39 is 33.9 Å². The summed E-state index contributed by atoms with van der Waals surface area (Å²) in [5.74, 6) is 2.18. The van der Waals surface area contributed by atoms with Crippen molar-refractivity contribution in [3.8, 4) is 12.3 Å². The lowest BCUT2D eigenvalue weighted by Gasteiger charge is -2.29. The molecule has 0 heterocycles. The Bertz CT molecular complexity index is 372. The molecule has 0 aromatic carbocycles. The van der Waals surface area contributed by atoms with Crippen LogP contribution in [-0.4, -0.2) is 55.7 Å². The number of hydrogen-bond donors (Lipinski definition) is 2. The van der Waals surface area contributed by atoms with Crippen molar-refractivity contribution in [3.05, 3.63) is 10.1 Å². The van der Waals surface area contributed by atoms with Gasteiger partial charge in [0.05, 0.1) is 6.61 Å². The van der Waals surface area contributed by atoms with E-state index in [4.69, 9.17) is 16.3 Å². The SMILES string of the molecule is C#CC(I)N(C(=O)OCCCC)C(O)C(CO)[N+](=O)[O-]. The van der Waals surface area contributed by atoms with Crippen molar-refractivity contribution in [2.24, 2.45) is 0 Å². The van der Waals surface area contributed by atoms with Crippen LogP contribution in [0.3, 0.4) is 0 Å². The van der Waals surface area contributed by atoms with E-state index in [0.717, 1.165) is 6.42 Å². The van der Waals surface area contributed by atoms with Crippen LogP contribution in [0.25, 0.3) is 0 Å². The predicted octanol–water partition coefficient (Wildman–Crippen LogP) is 0.575. The van der Waals surface area contributed by atoms with Gasteiger partial charge in [0.2, 0.25) is 6.23 Å². The molecular formula is C11H17IN2O6. The highest BCUT2D eigenvalue weighted by atomic mass is 127. The summed E-state index contributed by atoms with van der Waals surface area (Å²) in [6.07, 6.45) is 3.76. The molecule has 1 amide bonds. The number of amides is 1. The van der Waals surface area contributed by atoms with Crippen molar-refractivity contribution in [3.63, 3.8) is 0 Å². The third-order valence-corrected chi connectivity index (χ3v) is 3.36. The van der Waals surface area contributed by atoms with E-state index >= 15 is 0 Å². The highest BCUT2D eigenvalue weighted by Crippen LogP contribution is 2.16. The van der Waals surface area contributed by atoms with Gasteiger partial charge in [-0.05, 0) is 29.0 Å². The summed E-state index contributed by atoms with van der Waals surface area (Å²) in [5, 5.41) is 29.5. The molecule has 0 aliphatic carbocycles. The van der Waals surface area contributed by atoms with Crippen LogP contribution in [0.4, 0.5) is 4.79 Å². The van der Waals surface area contributed by atoms with Crippen molar-refractivity contribution >= 4 is 28.7 Å². The van der Waals surface area contributed by atoms with Crippen molar-refractivity contribution in [2.75, 3.05) is 13.2 Å². The first-order valence-corrected chi connectivity index (χ1v) is 7.12. The van der Waals surface area contributed by atoms with Gasteiger partial charge in [-0.15, -0.1) is 6.42 Å². The third-order valence-electron chi connectivity index (χ3n) is 2.40. The topological polar surface area (TPSA) is 113 Å². The molecule has 0 radical (unpaired) electrons. The van der Waals surface area contributed by atoms with Gasteiger partial charge in [-0.3, -0.25) is 15.0 Å². The molecule has 0 aromatic rings. The van der Waals surface area contributed by atoms with Crippen LogP contribution in [0.2, 0.25) is 0 Å². The van der Waals surface area contributed by atoms with Gasteiger partial charge in [0.15, 0.2) is 4.05 Å². The molecule has 20 heavy (non-hydrogen) atoms. The Morgan fingerprint density at radius 3 is 2.65 bits per heavy atom. The van der Waals surface area contributed by atoms with Gasteiger partial charge in [0.25, 0.3) is 6.04 Å². The molecule has 2 N–H and O–H groups in total. The number of alkyl halides is 1. The number of unbranched alkanes of at least 4 members (excludes halogenated alkanes) is 1. The molecular weight excluding hydrogens is 383 g/mol. The van der Waals surface area contributed by atoms with Crippen LogP contribution < -0.4 is 0 Å². The number of carbonyl (C=O) groups excluding carboxylic acids is 1. The Balaban J connectivity index is 5.00. The average molecular weight is 400 g/mol. The summed E-state index contributed by atoms with van der Waals surface area (Å²) < 4.78 is 3.95. The van der Waals surface area contributed by atoms with E-state index in [1.54, 1.807) is 22.6 Å². The quantitative estimate of drug-likeness (QED) is 0.0901. The molecule has 0 saturated heterocycles. The molecule has 0 aromatic heterocycles. The lowest BCUT2D eigenvalue weighted by molar-refractivity contribution is -0.543. The van der Waals surface area contributed by atoms with Crippen LogP contribution >= 0.6 is 22.6 Å². The molecule has 8 nitrogen and oxygen atoms in total. The number of aliphatic hydroxyl groups excluding tert-OH is 2. The number of aliphatic hydroxyl groups is 2. The number of rotatable bonds is 8. The second-order valence-electron chi connectivity index (χ2n) is 3.83. The van der Waals surface area contributed by atoms with E-state index in [2.05, 4.69) is 5.92 Å². The zero-order valence-electron chi connectivity index (χ0n) is 10.9. The lowest BCUT2D eigenvalue weighted by Crippen LogP contribution is -2.53. The first-order valence-electron chi connectivity index (χ1n) is 5.88. The van der Waals surface area contributed by atoms with E-state index in [0.29, 0.717) is 11.3 Å². The molecule has 0 aliphatic heterocycles. The van der Waals surface area contributed by atoms with Crippen molar-refractivity contribution < 1.29 is 24.7 Å². The summed E-state index contributed by atoms with van der Waals surface area (Å²) in [4.78, 5) is 22.4. The summed E-state index contributed by atoms with van der Waals surface area (Å²) in [6, 6.07) is -1.75. The summed E-state index contributed by atoms with van der Waals surface area (Å²) in [5.41, 5.74) is 0. The standard InChI is InChI=1S/C11H17IN2O6/c1-3-5-6-20-11(17)13(9(12)4-2)10(16)8(7-15)14(18)19/h2,8-10,15-16H,3,5-7H2,1H3. The van der Waals surface area contributed by atoms with Gasteiger partial charge >= 0.3 is 6.09 Å². The van der Waals surface area contributed by atoms with Crippen LogP contribution in [-0.2, 0) is 4.74 Å². The highest BCUT2D eigenvalue weighted by molar-refractivity contribution is 14.1. The molecule has 3 atom stereocenters. The first-order chi connectivity index (χ1) is 9.40. The zero-order chi connectivity index (χ0) is 15.7. The number of ether oxygens (including phenoxy) is 1. The fraction of sp³-hybridized carbons (Fsp3) is 0.727. The van der Waals surface area contributed by atoms with E-state index in [-0.39, 0.29) is 6.61 Å². The number of carbonyl (C=O) groups is 1. The van der Waals surface area contributed by atoms with Gasteiger partial charge in [0, 0.05) is 4.92 Å². The highest BCUT2D eigenvalue weighted by Gasteiger charge is 2.40. The van der Waals surface area contributed by atoms with Crippen LogP contribution in [0, 0.1) is 22.5 Å². The second-order valence-corrected chi connectivity index (χ2v) is 5.01. The summed E-state index contributed by atoms with van der Waals surface area (Å²) >= 11 is 1.66. The van der Waals surface area contributed by atoms with Gasteiger partial charge in [-0.1, -0.05) is 19.3 Å². The maximum atomic E-state index is 11.8. The number of terminal acetylenes is 1. The fourth-order valence-corrected chi connectivity index (χ4v) is 1.81. The Morgan fingerprint density at radius 1 is 1.65 bits per heavy atom. The van der Waals surface area contributed by atoms with Crippen LogP contribution in [0.1, 0.15) is 19.8 Å². The molecule has 0 rings (SSSR count). The second kappa shape index (κ2) is 9.73. The maximum Gasteiger partial charge on any atom is 0.413 e. The number of nitro groups is 1. The van der Waals surface area contributed by atoms with E-state index in [1.807, 2.05) is 6.92 Å². The largest absolute Gasteiger partial charge is 0.449 e. The number of halogens is 1. The number of hydrogen-bond acceptors (Lipinski definition) is 6.